The Morgan fingerprint density at radius 1 is 1.46 bits per heavy atom. The van der Waals surface area contributed by atoms with Gasteiger partial charge in [-0.2, -0.15) is 16.9 Å². The maximum absolute atomic E-state index is 12.1. The maximum Gasteiger partial charge on any atom is 0.328 e. The minimum absolute atomic E-state index is 0.454. The number of hydrogen-bond donors (Lipinski definition) is 2. The van der Waals surface area contributed by atoms with Gasteiger partial charge >= 0.3 is 12.0 Å². The molecule has 10 heteroatoms. The zero-order chi connectivity index (χ0) is 18.9. The largest absolute Gasteiger partial charge is 0.467 e. The first-order valence-corrected chi connectivity index (χ1v) is 10.4. The van der Waals surface area contributed by atoms with Crippen LogP contribution in [0.2, 0.25) is 0 Å². The molecule has 0 aliphatic carbocycles. The van der Waals surface area contributed by atoms with Crippen LogP contribution in [0.25, 0.3) is 0 Å². The van der Waals surface area contributed by atoms with Gasteiger partial charge in [0.25, 0.3) is 0 Å². The lowest BCUT2D eigenvalue weighted by atomic mass is 10.2. The number of anilines is 1. The van der Waals surface area contributed by atoms with Crippen LogP contribution in [0.3, 0.4) is 0 Å². The number of carbonyl (C=O) groups excluding carboxylic acids is 2. The number of aromatic nitrogens is 3. The SMILES string of the molecule is COC(=O)C(CCSC)NC(=O)Nc1cnn(CCc2scnc2C)c1. The standard InChI is InChI=1S/C16H23N5O3S2/c1-11-14(26-10-17-11)4-6-21-9-12(8-18-21)19-16(23)20-13(5-7-25-3)15(22)24-2/h8-10,13H,4-7H2,1-3H3,(H2,19,20,23). The molecule has 0 aromatic carbocycles. The lowest BCUT2D eigenvalue weighted by Crippen LogP contribution is -2.43. The van der Waals surface area contributed by atoms with Crippen molar-refractivity contribution in [3.63, 3.8) is 0 Å². The first-order chi connectivity index (χ1) is 12.5. The summed E-state index contributed by atoms with van der Waals surface area (Å²) in [6.45, 7) is 2.69. The van der Waals surface area contributed by atoms with Gasteiger partial charge in [0, 0.05) is 24.0 Å². The second-order valence-corrected chi connectivity index (χ2v) is 7.48. The summed E-state index contributed by atoms with van der Waals surface area (Å²) in [7, 11) is 1.31. The summed E-state index contributed by atoms with van der Waals surface area (Å²) in [6.07, 6.45) is 6.62. The van der Waals surface area contributed by atoms with Crippen LogP contribution >= 0.6 is 23.1 Å². The van der Waals surface area contributed by atoms with Gasteiger partial charge in [-0.15, -0.1) is 11.3 Å². The van der Waals surface area contributed by atoms with Crippen molar-refractivity contribution in [3.05, 3.63) is 28.5 Å². The van der Waals surface area contributed by atoms with E-state index in [1.54, 1.807) is 40.2 Å². The van der Waals surface area contributed by atoms with E-state index in [0.29, 0.717) is 18.7 Å². The highest BCUT2D eigenvalue weighted by molar-refractivity contribution is 7.98. The maximum atomic E-state index is 12.1. The zero-order valence-electron chi connectivity index (χ0n) is 15.0. The Morgan fingerprint density at radius 2 is 2.27 bits per heavy atom. The van der Waals surface area contributed by atoms with E-state index in [0.717, 1.165) is 17.9 Å². The number of carbonyl (C=O) groups is 2. The molecule has 2 aromatic rings. The molecule has 2 amide bonds. The minimum atomic E-state index is -0.670. The monoisotopic (exact) mass is 397 g/mol. The van der Waals surface area contributed by atoms with Gasteiger partial charge in [-0.05, 0) is 25.4 Å². The Kier molecular flexibility index (Phi) is 7.92. The Labute approximate surface area is 160 Å². The number of amides is 2. The van der Waals surface area contributed by atoms with Crippen LogP contribution in [0.15, 0.2) is 17.9 Å². The van der Waals surface area contributed by atoms with Crippen LogP contribution in [0.5, 0.6) is 0 Å². The molecule has 2 rings (SSSR count). The van der Waals surface area contributed by atoms with Crippen molar-refractivity contribution in [2.45, 2.75) is 32.4 Å². The molecular formula is C16H23N5O3S2. The summed E-state index contributed by atoms with van der Waals surface area (Å²) in [4.78, 5) is 29.3. The number of thioether (sulfide) groups is 1. The number of ether oxygens (including phenoxy) is 1. The number of aryl methyl sites for hydroxylation is 3. The first-order valence-electron chi connectivity index (χ1n) is 8.09. The number of rotatable bonds is 9. The van der Waals surface area contributed by atoms with E-state index in [4.69, 9.17) is 4.74 Å². The molecule has 2 heterocycles. The Balaban J connectivity index is 1.85. The Bertz CT molecular complexity index is 731. The van der Waals surface area contributed by atoms with Crippen LogP contribution < -0.4 is 10.6 Å². The van der Waals surface area contributed by atoms with E-state index < -0.39 is 18.0 Å². The van der Waals surface area contributed by atoms with Gasteiger partial charge in [0.15, 0.2) is 0 Å². The molecule has 1 unspecified atom stereocenters. The van der Waals surface area contributed by atoms with Crippen LogP contribution in [0.4, 0.5) is 10.5 Å². The van der Waals surface area contributed by atoms with Gasteiger partial charge in [-0.1, -0.05) is 0 Å². The summed E-state index contributed by atoms with van der Waals surface area (Å²) in [5, 5.41) is 9.58. The fraction of sp³-hybridized carbons (Fsp3) is 0.500. The number of methoxy groups -OCH3 is 1. The van der Waals surface area contributed by atoms with Crippen molar-refractivity contribution in [3.8, 4) is 0 Å². The van der Waals surface area contributed by atoms with Gasteiger partial charge in [0.2, 0.25) is 0 Å². The second kappa shape index (κ2) is 10.2. The molecule has 2 aromatic heterocycles. The third-order valence-electron chi connectivity index (χ3n) is 3.71. The molecule has 1 atom stereocenters. The summed E-state index contributed by atoms with van der Waals surface area (Å²) in [5.41, 5.74) is 3.44. The van der Waals surface area contributed by atoms with Crippen molar-refractivity contribution < 1.29 is 14.3 Å². The number of esters is 1. The fourth-order valence-corrected chi connectivity index (χ4v) is 3.53. The molecule has 0 fully saturated rings. The third kappa shape index (κ3) is 6.03. The normalized spacial score (nSPS) is 11.8. The highest BCUT2D eigenvalue weighted by atomic mass is 32.2. The molecule has 0 aliphatic rings. The molecule has 0 bridgehead atoms. The smallest absolute Gasteiger partial charge is 0.328 e. The van der Waals surface area contributed by atoms with Gasteiger partial charge in [0.05, 0.1) is 30.2 Å². The molecule has 2 N–H and O–H groups in total. The lowest BCUT2D eigenvalue weighted by Gasteiger charge is -2.16. The van der Waals surface area contributed by atoms with E-state index in [9.17, 15) is 9.59 Å². The van der Waals surface area contributed by atoms with E-state index in [1.807, 2.05) is 18.7 Å². The van der Waals surface area contributed by atoms with Gasteiger partial charge < -0.3 is 15.4 Å². The number of hydrogen-bond acceptors (Lipinski definition) is 7. The van der Waals surface area contributed by atoms with Gasteiger partial charge in [-0.3, -0.25) is 4.68 Å². The molecule has 8 nitrogen and oxygen atoms in total. The highest BCUT2D eigenvalue weighted by Crippen LogP contribution is 2.14. The predicted molar refractivity (Wildman–Crippen MR) is 104 cm³/mol. The van der Waals surface area contributed by atoms with Crippen molar-refractivity contribution in [1.29, 1.82) is 0 Å². The first kappa shape index (κ1) is 20.2. The minimum Gasteiger partial charge on any atom is -0.467 e. The molecule has 0 spiro atoms. The number of nitrogens with one attached hydrogen (secondary N) is 2. The average Bonchev–Trinajstić information content (AvgIpc) is 3.24. The predicted octanol–water partition coefficient (Wildman–Crippen LogP) is 2.31. The van der Waals surface area contributed by atoms with Crippen molar-refractivity contribution >= 4 is 40.8 Å². The summed E-state index contributed by atoms with van der Waals surface area (Å²) in [6, 6.07) is -1.13. The van der Waals surface area contributed by atoms with E-state index >= 15 is 0 Å². The van der Waals surface area contributed by atoms with Gasteiger partial charge in [-0.25, -0.2) is 14.6 Å². The number of nitrogens with zero attached hydrogens (tertiary/aromatic N) is 3. The van der Waals surface area contributed by atoms with Crippen LogP contribution in [-0.2, 0) is 22.5 Å². The quantitative estimate of drug-likeness (QED) is 0.630. The molecule has 142 valence electrons. The van der Waals surface area contributed by atoms with Gasteiger partial charge in [0.1, 0.15) is 6.04 Å². The van der Waals surface area contributed by atoms with Crippen molar-refractivity contribution in [2.75, 3.05) is 24.4 Å². The molecule has 0 aliphatic heterocycles. The lowest BCUT2D eigenvalue weighted by molar-refractivity contribution is -0.142. The van der Waals surface area contributed by atoms with E-state index in [1.165, 1.54) is 12.0 Å². The van der Waals surface area contributed by atoms with Crippen molar-refractivity contribution in [1.82, 2.24) is 20.1 Å². The van der Waals surface area contributed by atoms with Crippen molar-refractivity contribution in [2.24, 2.45) is 0 Å². The Hall–Kier alpha value is -2.07. The third-order valence-corrected chi connectivity index (χ3v) is 5.34. The van der Waals surface area contributed by atoms with E-state index in [-0.39, 0.29) is 0 Å². The molecular weight excluding hydrogens is 374 g/mol. The summed E-state index contributed by atoms with van der Waals surface area (Å²) >= 11 is 3.23. The average molecular weight is 398 g/mol. The van der Waals surface area contributed by atoms with Crippen LogP contribution in [0.1, 0.15) is 17.0 Å². The topological polar surface area (TPSA) is 98.1 Å². The van der Waals surface area contributed by atoms with Crippen LogP contribution in [0, 0.1) is 6.92 Å². The molecule has 26 heavy (non-hydrogen) atoms. The second-order valence-electron chi connectivity index (χ2n) is 5.56. The zero-order valence-corrected chi connectivity index (χ0v) is 16.7. The van der Waals surface area contributed by atoms with E-state index in [2.05, 4.69) is 20.7 Å². The highest BCUT2D eigenvalue weighted by Gasteiger charge is 2.21. The summed E-state index contributed by atoms with van der Waals surface area (Å²) in [5.74, 6) is 0.291. The summed E-state index contributed by atoms with van der Waals surface area (Å²) < 4.78 is 6.49. The molecule has 0 saturated carbocycles. The number of thiazole rings is 1. The van der Waals surface area contributed by atoms with Crippen LogP contribution in [-0.4, -0.2) is 51.9 Å². The molecule has 0 saturated heterocycles. The Morgan fingerprint density at radius 3 is 2.92 bits per heavy atom. The fourth-order valence-electron chi connectivity index (χ4n) is 2.28. The molecule has 0 radical (unpaired) electrons. The number of urea groups is 1.